The minimum atomic E-state index is 0.182. The molecule has 2 atom stereocenters. The van der Waals surface area contributed by atoms with Crippen LogP contribution >= 0.6 is 0 Å². The molecule has 17 heavy (non-hydrogen) atoms. The zero-order chi connectivity index (χ0) is 12.9. The lowest BCUT2D eigenvalue weighted by Crippen LogP contribution is -2.41. The van der Waals surface area contributed by atoms with Crippen molar-refractivity contribution in [2.75, 3.05) is 26.7 Å². The van der Waals surface area contributed by atoms with E-state index >= 15 is 0 Å². The van der Waals surface area contributed by atoms with Crippen LogP contribution in [0.2, 0.25) is 0 Å². The molecule has 1 saturated heterocycles. The molecule has 0 aliphatic carbocycles. The lowest BCUT2D eigenvalue weighted by atomic mass is 10.1. The zero-order valence-electron chi connectivity index (χ0n) is 11.8. The number of hydrogen-bond donors (Lipinski definition) is 1. The highest BCUT2D eigenvalue weighted by molar-refractivity contribution is 4.81. The van der Waals surface area contributed by atoms with E-state index in [2.05, 4.69) is 44.6 Å². The van der Waals surface area contributed by atoms with Crippen LogP contribution in [0.3, 0.4) is 0 Å². The first-order valence-corrected chi connectivity index (χ1v) is 6.60. The second kappa shape index (κ2) is 6.53. The summed E-state index contributed by atoms with van der Waals surface area (Å²) in [5.41, 5.74) is 0.182. The largest absolute Gasteiger partial charge is 0.372 e. The predicted molar refractivity (Wildman–Crippen MR) is 73.3 cm³/mol. The highest BCUT2D eigenvalue weighted by Gasteiger charge is 2.26. The van der Waals surface area contributed by atoms with Crippen LogP contribution in [-0.4, -0.2) is 49.3 Å². The van der Waals surface area contributed by atoms with Crippen molar-refractivity contribution >= 4 is 0 Å². The quantitative estimate of drug-likeness (QED) is 0.719. The summed E-state index contributed by atoms with van der Waals surface area (Å²) in [5.74, 6) is 0. The molecule has 0 amide bonds. The molecule has 1 heterocycles. The average molecular weight is 240 g/mol. The van der Waals surface area contributed by atoms with Crippen molar-refractivity contribution in [2.45, 2.75) is 51.4 Å². The van der Waals surface area contributed by atoms with Crippen LogP contribution in [-0.2, 0) is 4.74 Å². The maximum absolute atomic E-state index is 6.04. The highest BCUT2D eigenvalue weighted by Crippen LogP contribution is 2.20. The number of likely N-dealkylation sites (N-methyl/N-ethyl adjacent to an activating group) is 1. The molecular formula is C14H28N2O. The van der Waals surface area contributed by atoms with Crippen molar-refractivity contribution in [1.82, 2.24) is 10.2 Å². The van der Waals surface area contributed by atoms with Gasteiger partial charge in [0.25, 0.3) is 0 Å². The van der Waals surface area contributed by atoms with E-state index in [1.165, 1.54) is 12.8 Å². The van der Waals surface area contributed by atoms with Crippen molar-refractivity contribution in [3.8, 4) is 0 Å². The van der Waals surface area contributed by atoms with E-state index in [1.54, 1.807) is 0 Å². The van der Waals surface area contributed by atoms with Crippen molar-refractivity contribution < 1.29 is 4.74 Å². The van der Waals surface area contributed by atoms with E-state index in [0.29, 0.717) is 12.2 Å². The van der Waals surface area contributed by atoms with E-state index < -0.39 is 0 Å². The van der Waals surface area contributed by atoms with Crippen LogP contribution in [0.15, 0.2) is 12.7 Å². The molecule has 0 aromatic heterocycles. The van der Waals surface area contributed by atoms with Gasteiger partial charge < -0.3 is 15.0 Å². The van der Waals surface area contributed by atoms with Crippen LogP contribution in [0.4, 0.5) is 0 Å². The molecule has 0 spiro atoms. The molecule has 0 radical (unpaired) electrons. The van der Waals surface area contributed by atoms with Gasteiger partial charge in [0.2, 0.25) is 0 Å². The van der Waals surface area contributed by atoms with Gasteiger partial charge in [-0.15, -0.1) is 6.58 Å². The fourth-order valence-electron chi connectivity index (χ4n) is 2.13. The van der Waals surface area contributed by atoms with E-state index in [1.807, 2.05) is 6.08 Å². The Hall–Kier alpha value is -0.380. The van der Waals surface area contributed by atoms with Crippen molar-refractivity contribution in [2.24, 2.45) is 0 Å². The molecule has 0 saturated carbocycles. The molecule has 1 fully saturated rings. The first-order valence-electron chi connectivity index (χ1n) is 6.60. The topological polar surface area (TPSA) is 24.5 Å². The lowest BCUT2D eigenvalue weighted by molar-refractivity contribution is 0.0269. The van der Waals surface area contributed by atoms with Gasteiger partial charge in [0.05, 0.1) is 12.2 Å². The summed E-state index contributed by atoms with van der Waals surface area (Å²) in [7, 11) is 2.12. The second-order valence-corrected chi connectivity index (χ2v) is 6.10. The molecule has 3 nitrogen and oxygen atoms in total. The van der Waals surface area contributed by atoms with E-state index in [9.17, 15) is 0 Å². The Bertz CT molecular complexity index is 235. The number of rotatable bonds is 6. The Kier molecular flexibility index (Phi) is 5.63. The Morgan fingerprint density at radius 3 is 2.59 bits per heavy atom. The predicted octanol–water partition coefficient (Wildman–Crippen LogP) is 2.04. The molecule has 0 aromatic rings. The second-order valence-electron chi connectivity index (χ2n) is 6.10. The van der Waals surface area contributed by atoms with Gasteiger partial charge in [-0.1, -0.05) is 6.08 Å². The highest BCUT2D eigenvalue weighted by atomic mass is 16.5. The molecule has 3 heteroatoms. The van der Waals surface area contributed by atoms with Crippen LogP contribution in [0.5, 0.6) is 0 Å². The van der Waals surface area contributed by atoms with Crippen LogP contribution < -0.4 is 5.32 Å². The van der Waals surface area contributed by atoms with Crippen LogP contribution in [0.25, 0.3) is 0 Å². The molecule has 1 aliphatic rings. The first kappa shape index (κ1) is 14.7. The smallest absolute Gasteiger partial charge is 0.0707 e. The van der Waals surface area contributed by atoms with Gasteiger partial charge in [-0.05, 0) is 40.7 Å². The zero-order valence-corrected chi connectivity index (χ0v) is 11.8. The molecule has 0 aromatic carbocycles. The Labute approximate surface area is 106 Å². The minimum Gasteiger partial charge on any atom is -0.372 e. The SMILES string of the molecule is C=CCN(C)CC1CCC(CNC(C)(C)C)O1. The maximum atomic E-state index is 6.04. The summed E-state index contributed by atoms with van der Waals surface area (Å²) in [6.45, 7) is 13.2. The maximum Gasteiger partial charge on any atom is 0.0707 e. The number of nitrogens with zero attached hydrogens (tertiary/aromatic N) is 1. The van der Waals surface area contributed by atoms with Crippen molar-refractivity contribution in [3.63, 3.8) is 0 Å². The Morgan fingerprint density at radius 1 is 1.35 bits per heavy atom. The standard InChI is InChI=1S/C14H28N2O/c1-6-9-16(5)11-13-8-7-12(17-13)10-15-14(2,3)4/h6,12-13,15H,1,7-11H2,2-5H3. The summed E-state index contributed by atoms with van der Waals surface area (Å²) in [5, 5.41) is 3.51. The third kappa shape index (κ3) is 6.20. The third-order valence-electron chi connectivity index (χ3n) is 3.01. The van der Waals surface area contributed by atoms with Gasteiger partial charge in [-0.2, -0.15) is 0 Å². The van der Waals surface area contributed by atoms with Gasteiger partial charge in [-0.25, -0.2) is 0 Å². The molecule has 1 N–H and O–H groups in total. The Balaban J connectivity index is 2.21. The van der Waals surface area contributed by atoms with Crippen LogP contribution in [0.1, 0.15) is 33.6 Å². The summed E-state index contributed by atoms with van der Waals surface area (Å²) in [6.07, 6.45) is 5.07. The monoisotopic (exact) mass is 240 g/mol. The molecule has 0 bridgehead atoms. The molecule has 1 rings (SSSR count). The third-order valence-corrected chi connectivity index (χ3v) is 3.01. The molecular weight excluding hydrogens is 212 g/mol. The van der Waals surface area contributed by atoms with Crippen LogP contribution in [0, 0.1) is 0 Å². The molecule has 100 valence electrons. The average Bonchev–Trinajstić information content (AvgIpc) is 2.62. The summed E-state index contributed by atoms with van der Waals surface area (Å²) in [6, 6.07) is 0. The molecule has 1 aliphatic heterocycles. The number of nitrogens with one attached hydrogen (secondary N) is 1. The summed E-state index contributed by atoms with van der Waals surface area (Å²) >= 11 is 0. The fraction of sp³-hybridized carbons (Fsp3) is 0.857. The first-order chi connectivity index (χ1) is 7.90. The fourth-order valence-corrected chi connectivity index (χ4v) is 2.13. The normalized spacial score (nSPS) is 25.5. The van der Waals surface area contributed by atoms with Gasteiger partial charge in [-0.3, -0.25) is 0 Å². The lowest BCUT2D eigenvalue weighted by Gasteiger charge is -2.24. The minimum absolute atomic E-state index is 0.182. The van der Waals surface area contributed by atoms with E-state index in [4.69, 9.17) is 4.74 Å². The van der Waals surface area contributed by atoms with Gasteiger partial charge in [0.15, 0.2) is 0 Å². The van der Waals surface area contributed by atoms with Gasteiger partial charge in [0.1, 0.15) is 0 Å². The molecule has 2 unspecified atom stereocenters. The van der Waals surface area contributed by atoms with E-state index in [0.717, 1.165) is 19.6 Å². The number of hydrogen-bond acceptors (Lipinski definition) is 3. The van der Waals surface area contributed by atoms with Gasteiger partial charge >= 0.3 is 0 Å². The van der Waals surface area contributed by atoms with Gasteiger partial charge in [0, 0.05) is 25.2 Å². The van der Waals surface area contributed by atoms with E-state index in [-0.39, 0.29) is 5.54 Å². The summed E-state index contributed by atoms with van der Waals surface area (Å²) < 4.78 is 6.04. The number of ether oxygens (including phenoxy) is 1. The van der Waals surface area contributed by atoms with Crippen molar-refractivity contribution in [3.05, 3.63) is 12.7 Å². The van der Waals surface area contributed by atoms with Crippen molar-refractivity contribution in [1.29, 1.82) is 0 Å². The Morgan fingerprint density at radius 2 is 2.00 bits per heavy atom. The summed E-state index contributed by atoms with van der Waals surface area (Å²) in [4.78, 5) is 2.26.